The molecule has 2 N–H and O–H groups in total. The lowest BCUT2D eigenvalue weighted by Gasteiger charge is -2.35. The van der Waals surface area contributed by atoms with Crippen molar-refractivity contribution in [2.24, 2.45) is 0 Å². The molecule has 28 heavy (non-hydrogen) atoms. The van der Waals surface area contributed by atoms with Crippen LogP contribution < -0.4 is 15.5 Å². The second-order valence-electron chi connectivity index (χ2n) is 7.01. The van der Waals surface area contributed by atoms with Gasteiger partial charge in [0.15, 0.2) is 0 Å². The predicted octanol–water partition coefficient (Wildman–Crippen LogP) is 3.36. The zero-order valence-electron chi connectivity index (χ0n) is 16.1. The van der Waals surface area contributed by atoms with E-state index in [-0.39, 0.29) is 23.7 Å². The Morgan fingerprint density at radius 2 is 1.71 bits per heavy atom. The minimum absolute atomic E-state index is 0.0517. The smallest absolute Gasteiger partial charge is 0.253 e. The molecule has 148 valence electrons. The van der Waals surface area contributed by atoms with Gasteiger partial charge in [-0.1, -0.05) is 19.1 Å². The molecule has 5 nitrogen and oxygen atoms in total. The molecule has 2 aromatic carbocycles. The number of carbonyl (C=O) groups excluding carboxylic acids is 2. The summed E-state index contributed by atoms with van der Waals surface area (Å²) in [5.41, 5.74) is 2.07. The second kappa shape index (κ2) is 9.35. The summed E-state index contributed by atoms with van der Waals surface area (Å²) in [5.74, 6) is -0.589. The van der Waals surface area contributed by atoms with Crippen LogP contribution in [0.15, 0.2) is 48.5 Å². The minimum atomic E-state index is -0.355. The highest BCUT2D eigenvalue weighted by Crippen LogP contribution is 2.24. The van der Waals surface area contributed by atoms with Gasteiger partial charge in [0.25, 0.3) is 11.8 Å². The third-order valence-electron chi connectivity index (χ3n) is 4.96. The Kier molecular flexibility index (Phi) is 6.63. The fourth-order valence-electron chi connectivity index (χ4n) is 3.41. The first kappa shape index (κ1) is 19.9. The molecule has 0 spiro atoms. The molecule has 3 rings (SSSR count). The quantitative estimate of drug-likeness (QED) is 0.804. The lowest BCUT2D eigenvalue weighted by molar-refractivity contribution is 0.0929. The van der Waals surface area contributed by atoms with Gasteiger partial charge < -0.3 is 15.5 Å². The number of hydrogen-bond donors (Lipinski definition) is 2. The number of para-hydroxylation sites is 1. The molecule has 0 aromatic heterocycles. The van der Waals surface area contributed by atoms with Gasteiger partial charge >= 0.3 is 0 Å². The summed E-state index contributed by atoms with van der Waals surface area (Å²) in [5, 5.41) is 5.96. The number of hydrogen-bond acceptors (Lipinski definition) is 3. The van der Waals surface area contributed by atoms with Gasteiger partial charge in [-0.15, -0.1) is 0 Å². The van der Waals surface area contributed by atoms with Crippen molar-refractivity contribution in [1.82, 2.24) is 10.6 Å². The predicted molar refractivity (Wildman–Crippen MR) is 108 cm³/mol. The summed E-state index contributed by atoms with van der Waals surface area (Å²) in [6, 6.07) is 13.3. The summed E-state index contributed by atoms with van der Waals surface area (Å²) >= 11 is 0. The standard InChI is InChI=1S/C22H26FN3O2/c1-2-13-24-22(28)19-5-3-4-6-20(19)26-14-11-18(12-15-26)25-21(27)16-7-9-17(23)10-8-16/h3-10,18H,2,11-15H2,1H3,(H,24,28)(H,25,27). The zero-order valence-corrected chi connectivity index (χ0v) is 16.1. The largest absolute Gasteiger partial charge is 0.371 e. The fourth-order valence-corrected chi connectivity index (χ4v) is 3.41. The number of carbonyl (C=O) groups is 2. The molecule has 1 aliphatic heterocycles. The van der Waals surface area contributed by atoms with Crippen LogP contribution in [0.5, 0.6) is 0 Å². The Labute approximate surface area is 164 Å². The van der Waals surface area contributed by atoms with Crippen molar-refractivity contribution in [3.63, 3.8) is 0 Å². The average molecular weight is 383 g/mol. The van der Waals surface area contributed by atoms with Crippen molar-refractivity contribution >= 4 is 17.5 Å². The number of piperidine rings is 1. The van der Waals surface area contributed by atoms with E-state index in [2.05, 4.69) is 15.5 Å². The van der Waals surface area contributed by atoms with Crippen molar-refractivity contribution < 1.29 is 14.0 Å². The van der Waals surface area contributed by atoms with E-state index in [1.54, 1.807) is 0 Å². The van der Waals surface area contributed by atoms with Crippen LogP contribution >= 0.6 is 0 Å². The zero-order chi connectivity index (χ0) is 19.9. The van der Waals surface area contributed by atoms with Crippen LogP contribution in [-0.4, -0.2) is 37.5 Å². The maximum atomic E-state index is 13.0. The second-order valence-corrected chi connectivity index (χ2v) is 7.01. The molecule has 0 unspecified atom stereocenters. The van der Waals surface area contributed by atoms with Crippen molar-refractivity contribution in [2.45, 2.75) is 32.2 Å². The Balaban J connectivity index is 1.59. The molecule has 0 saturated carbocycles. The SMILES string of the molecule is CCCNC(=O)c1ccccc1N1CCC(NC(=O)c2ccc(F)cc2)CC1. The number of nitrogens with one attached hydrogen (secondary N) is 2. The molecular weight excluding hydrogens is 357 g/mol. The summed E-state index contributed by atoms with van der Waals surface area (Å²) in [6.45, 7) is 4.20. The number of anilines is 1. The molecule has 1 saturated heterocycles. The highest BCUT2D eigenvalue weighted by atomic mass is 19.1. The number of benzene rings is 2. The fraction of sp³-hybridized carbons (Fsp3) is 0.364. The van der Waals surface area contributed by atoms with Crippen LogP contribution in [0.2, 0.25) is 0 Å². The van der Waals surface area contributed by atoms with E-state index in [0.717, 1.165) is 38.0 Å². The van der Waals surface area contributed by atoms with Crippen molar-refractivity contribution in [3.05, 3.63) is 65.5 Å². The molecule has 0 aliphatic carbocycles. The molecule has 1 aliphatic rings. The molecule has 0 bridgehead atoms. The lowest BCUT2D eigenvalue weighted by Crippen LogP contribution is -2.45. The maximum Gasteiger partial charge on any atom is 0.253 e. The minimum Gasteiger partial charge on any atom is -0.371 e. The first-order valence-electron chi connectivity index (χ1n) is 9.77. The van der Waals surface area contributed by atoms with Gasteiger partial charge in [0.05, 0.1) is 5.56 Å². The molecule has 1 heterocycles. The van der Waals surface area contributed by atoms with Gasteiger partial charge in [0, 0.05) is 36.9 Å². The number of rotatable bonds is 6. The first-order chi connectivity index (χ1) is 13.6. The van der Waals surface area contributed by atoms with E-state index < -0.39 is 0 Å². The van der Waals surface area contributed by atoms with E-state index in [1.165, 1.54) is 24.3 Å². The highest BCUT2D eigenvalue weighted by molar-refractivity contribution is 5.99. The summed E-state index contributed by atoms with van der Waals surface area (Å²) in [4.78, 5) is 27.0. The molecule has 0 radical (unpaired) electrons. The third kappa shape index (κ3) is 4.88. The Morgan fingerprint density at radius 3 is 2.39 bits per heavy atom. The van der Waals surface area contributed by atoms with Crippen LogP contribution in [0, 0.1) is 5.82 Å². The van der Waals surface area contributed by atoms with Gasteiger partial charge in [-0.05, 0) is 55.7 Å². The summed E-state index contributed by atoms with van der Waals surface area (Å²) in [7, 11) is 0. The molecule has 0 atom stereocenters. The Morgan fingerprint density at radius 1 is 1.04 bits per heavy atom. The van der Waals surface area contributed by atoms with Gasteiger partial charge in [0.2, 0.25) is 0 Å². The Hall–Kier alpha value is -2.89. The van der Waals surface area contributed by atoms with Crippen LogP contribution in [0.1, 0.15) is 46.9 Å². The summed E-state index contributed by atoms with van der Waals surface area (Å²) in [6.07, 6.45) is 2.47. The van der Waals surface area contributed by atoms with E-state index >= 15 is 0 Å². The van der Waals surface area contributed by atoms with E-state index in [0.29, 0.717) is 17.7 Å². The van der Waals surface area contributed by atoms with E-state index in [9.17, 15) is 14.0 Å². The van der Waals surface area contributed by atoms with Crippen LogP contribution in [0.4, 0.5) is 10.1 Å². The number of nitrogens with zero attached hydrogens (tertiary/aromatic N) is 1. The number of amides is 2. The van der Waals surface area contributed by atoms with E-state index in [1.807, 2.05) is 31.2 Å². The molecule has 2 amide bonds. The maximum absolute atomic E-state index is 13.0. The topological polar surface area (TPSA) is 61.4 Å². The van der Waals surface area contributed by atoms with Crippen molar-refractivity contribution in [2.75, 3.05) is 24.5 Å². The average Bonchev–Trinajstić information content (AvgIpc) is 2.73. The number of halogens is 1. The summed E-state index contributed by atoms with van der Waals surface area (Å²) < 4.78 is 13.0. The van der Waals surface area contributed by atoms with Gasteiger partial charge in [-0.3, -0.25) is 9.59 Å². The lowest BCUT2D eigenvalue weighted by atomic mass is 10.0. The first-order valence-corrected chi connectivity index (χ1v) is 9.77. The third-order valence-corrected chi connectivity index (χ3v) is 4.96. The molecular formula is C22H26FN3O2. The van der Waals surface area contributed by atoms with Crippen LogP contribution in [-0.2, 0) is 0 Å². The van der Waals surface area contributed by atoms with Crippen LogP contribution in [0.3, 0.4) is 0 Å². The molecule has 1 fully saturated rings. The van der Waals surface area contributed by atoms with Gasteiger partial charge in [-0.2, -0.15) is 0 Å². The van der Waals surface area contributed by atoms with E-state index in [4.69, 9.17) is 0 Å². The van der Waals surface area contributed by atoms with Crippen molar-refractivity contribution in [1.29, 1.82) is 0 Å². The highest BCUT2D eigenvalue weighted by Gasteiger charge is 2.24. The van der Waals surface area contributed by atoms with Crippen LogP contribution in [0.25, 0.3) is 0 Å². The molecule has 2 aromatic rings. The van der Waals surface area contributed by atoms with Crippen molar-refractivity contribution in [3.8, 4) is 0 Å². The normalized spacial score (nSPS) is 14.6. The monoisotopic (exact) mass is 383 g/mol. The van der Waals surface area contributed by atoms with Gasteiger partial charge in [-0.25, -0.2) is 4.39 Å². The molecule has 6 heteroatoms. The van der Waals surface area contributed by atoms with Gasteiger partial charge in [0.1, 0.15) is 5.82 Å². The Bertz CT molecular complexity index is 815.